The summed E-state index contributed by atoms with van der Waals surface area (Å²) in [5, 5.41) is 92.8. The van der Waals surface area contributed by atoms with Crippen LogP contribution in [0.4, 0.5) is 0 Å². The molecule has 0 radical (unpaired) electrons. The Kier molecular flexibility index (Phi) is 7.86. The maximum atomic E-state index is 13.0. The van der Waals surface area contributed by atoms with Crippen LogP contribution in [0.1, 0.15) is 12.8 Å². The van der Waals surface area contributed by atoms with Crippen molar-refractivity contribution in [3.8, 4) is 0 Å². The van der Waals surface area contributed by atoms with Gasteiger partial charge in [-0.3, -0.25) is 4.79 Å². The van der Waals surface area contributed by atoms with E-state index in [0.717, 1.165) is 0 Å². The Balaban J connectivity index is 2.45. The average Bonchev–Trinajstić information content (AvgIpc) is 3.24. The van der Waals surface area contributed by atoms with Crippen LogP contribution in [0.3, 0.4) is 0 Å². The molecule has 0 aliphatic carbocycles. The minimum absolute atomic E-state index is 0.268. The van der Waals surface area contributed by atoms with E-state index in [1.54, 1.807) is 0 Å². The van der Waals surface area contributed by atoms with Gasteiger partial charge >= 0.3 is 0 Å². The molecule has 0 bridgehead atoms. The lowest BCUT2D eigenvalue weighted by Gasteiger charge is -2.49. The highest BCUT2D eigenvalue weighted by molar-refractivity contribution is 5.93. The van der Waals surface area contributed by atoms with Crippen molar-refractivity contribution in [3.05, 3.63) is 0 Å². The van der Waals surface area contributed by atoms with Gasteiger partial charge in [-0.2, -0.15) is 0 Å². The summed E-state index contributed by atoms with van der Waals surface area (Å²) in [6.45, 7) is -1.41. The quantitative estimate of drug-likeness (QED) is 0.180. The Morgan fingerprint density at radius 2 is 1.75 bits per heavy atom. The molecule has 12 heteroatoms. The van der Waals surface area contributed by atoms with Gasteiger partial charge in [0.05, 0.1) is 19.3 Å². The van der Waals surface area contributed by atoms with Crippen molar-refractivity contribution in [1.29, 1.82) is 0 Å². The molecule has 2 heterocycles. The second-order valence-corrected chi connectivity index (χ2v) is 7.27. The largest absolute Gasteiger partial charge is 0.394 e. The molecule has 0 aromatic heterocycles. The van der Waals surface area contributed by atoms with Crippen LogP contribution in [0.2, 0.25) is 0 Å². The topological polar surface area (TPSA) is 220 Å². The lowest BCUT2D eigenvalue weighted by atomic mass is 9.74. The third-order valence-corrected chi connectivity index (χ3v) is 5.45. The number of ether oxygens (including phenoxy) is 1. The first-order chi connectivity index (χ1) is 13.1. The zero-order valence-electron chi connectivity index (χ0n) is 15.1. The van der Waals surface area contributed by atoms with E-state index in [2.05, 4.69) is 5.32 Å². The van der Waals surface area contributed by atoms with Crippen molar-refractivity contribution in [2.75, 3.05) is 19.8 Å². The SMILES string of the molecule is O=C([C@@H]1CCCN1)C(O)(C1O[C@H](CO)[C@@H](O)[C@H](O)[C@H]1O)[C@H](O)[C@@H](O)[C@H](O)CO. The van der Waals surface area contributed by atoms with E-state index in [1.165, 1.54) is 0 Å². The Morgan fingerprint density at radius 1 is 1.11 bits per heavy atom. The predicted molar refractivity (Wildman–Crippen MR) is 89.9 cm³/mol. The normalized spacial score (nSPS) is 39.2. The molecular weight excluding hydrogens is 382 g/mol. The van der Waals surface area contributed by atoms with Gasteiger partial charge in [-0.15, -0.1) is 0 Å². The summed E-state index contributed by atoms with van der Waals surface area (Å²) in [5.41, 5.74) is -3.05. The van der Waals surface area contributed by atoms with E-state index in [-0.39, 0.29) is 6.42 Å². The maximum absolute atomic E-state index is 13.0. The minimum Gasteiger partial charge on any atom is -0.394 e. The molecule has 28 heavy (non-hydrogen) atoms. The van der Waals surface area contributed by atoms with E-state index in [9.17, 15) is 45.6 Å². The number of ketones is 1. The minimum atomic E-state index is -3.05. The third kappa shape index (κ3) is 4.08. The number of hydrogen-bond acceptors (Lipinski definition) is 12. The van der Waals surface area contributed by atoms with Crippen molar-refractivity contribution < 1.29 is 55.5 Å². The summed E-state index contributed by atoms with van der Waals surface area (Å²) < 4.78 is 5.24. The van der Waals surface area contributed by atoms with Crippen LogP contribution in [0.25, 0.3) is 0 Å². The number of hydrogen-bond donors (Lipinski definition) is 10. The average molecular weight is 411 g/mol. The fraction of sp³-hybridized carbons (Fsp3) is 0.938. The number of aliphatic hydroxyl groups is 9. The monoisotopic (exact) mass is 411 g/mol. The summed E-state index contributed by atoms with van der Waals surface area (Å²) in [6.07, 6.45) is -15.1. The Bertz CT molecular complexity index is 529. The molecule has 12 nitrogen and oxygen atoms in total. The maximum Gasteiger partial charge on any atom is 0.186 e. The van der Waals surface area contributed by atoms with Gasteiger partial charge in [0.25, 0.3) is 0 Å². The van der Waals surface area contributed by atoms with Gasteiger partial charge in [0.15, 0.2) is 11.4 Å². The summed E-state index contributed by atoms with van der Waals surface area (Å²) >= 11 is 0. The van der Waals surface area contributed by atoms with E-state index in [0.29, 0.717) is 13.0 Å². The van der Waals surface area contributed by atoms with Crippen molar-refractivity contribution >= 4 is 5.78 Å². The number of carbonyl (C=O) groups excluding carboxylic acids is 1. The predicted octanol–water partition coefficient (Wildman–Crippen LogP) is -6.04. The molecule has 2 aliphatic heterocycles. The van der Waals surface area contributed by atoms with E-state index in [4.69, 9.17) is 9.84 Å². The van der Waals surface area contributed by atoms with Crippen molar-refractivity contribution in [3.63, 3.8) is 0 Å². The van der Waals surface area contributed by atoms with Crippen molar-refractivity contribution in [2.24, 2.45) is 0 Å². The zero-order chi connectivity index (χ0) is 21.2. The van der Waals surface area contributed by atoms with E-state index >= 15 is 0 Å². The highest BCUT2D eigenvalue weighted by Crippen LogP contribution is 2.34. The van der Waals surface area contributed by atoms with Crippen LogP contribution >= 0.6 is 0 Å². The van der Waals surface area contributed by atoms with Gasteiger partial charge in [-0.05, 0) is 19.4 Å². The smallest absolute Gasteiger partial charge is 0.186 e. The van der Waals surface area contributed by atoms with E-state index in [1.807, 2.05) is 0 Å². The molecule has 0 amide bonds. The van der Waals surface area contributed by atoms with Crippen LogP contribution in [0.5, 0.6) is 0 Å². The Hall–Kier alpha value is -0.770. The molecule has 0 aromatic rings. The van der Waals surface area contributed by atoms with E-state index < -0.39 is 79.5 Å². The summed E-state index contributed by atoms with van der Waals surface area (Å²) in [7, 11) is 0. The number of nitrogens with one attached hydrogen (secondary N) is 1. The molecule has 2 unspecified atom stereocenters. The first-order valence-electron chi connectivity index (χ1n) is 9.06. The van der Waals surface area contributed by atoms with Gasteiger partial charge in [-0.25, -0.2) is 0 Å². The number of Topliss-reactive ketones (excluding diaryl/α,β-unsaturated/α-hetero) is 1. The Labute approximate surface area is 160 Å². The second-order valence-electron chi connectivity index (χ2n) is 7.27. The summed E-state index contributed by atoms with van der Waals surface area (Å²) in [4.78, 5) is 13.0. The number of carbonyl (C=O) groups is 1. The fourth-order valence-corrected chi connectivity index (χ4v) is 3.69. The molecule has 0 saturated carbocycles. The van der Waals surface area contributed by atoms with Gasteiger partial charge in [0.2, 0.25) is 0 Å². The zero-order valence-corrected chi connectivity index (χ0v) is 15.1. The molecule has 2 aliphatic rings. The number of aliphatic hydroxyl groups excluding tert-OH is 8. The Morgan fingerprint density at radius 3 is 2.25 bits per heavy atom. The van der Waals surface area contributed by atoms with Crippen molar-refractivity contribution in [2.45, 2.75) is 73.3 Å². The fourth-order valence-electron chi connectivity index (χ4n) is 3.69. The standard InChI is InChI=1S/C16H29NO11/c18-4-7(20)9(21)14(26)16(27,13(25)6-2-1-3-17-6)15-12(24)11(23)10(22)8(5-19)28-15/h6-12,14-15,17-24,26-27H,1-5H2/t6-,7+,8+,9-,10+,11-,12+,14+,15?,16?/m0/s1. The summed E-state index contributed by atoms with van der Waals surface area (Å²) in [6, 6.07) is -0.981. The van der Waals surface area contributed by atoms with Crippen LogP contribution < -0.4 is 5.32 Å². The molecule has 164 valence electrons. The van der Waals surface area contributed by atoms with Crippen LogP contribution in [0, 0.1) is 0 Å². The molecule has 10 N–H and O–H groups in total. The molecular formula is C16H29NO11. The molecule has 2 fully saturated rings. The molecule has 2 rings (SSSR count). The van der Waals surface area contributed by atoms with Crippen LogP contribution in [-0.4, -0.2) is 132 Å². The highest BCUT2D eigenvalue weighted by atomic mass is 16.6. The van der Waals surface area contributed by atoms with Crippen LogP contribution in [-0.2, 0) is 9.53 Å². The number of rotatable bonds is 8. The molecule has 0 spiro atoms. The first kappa shape index (κ1) is 23.5. The van der Waals surface area contributed by atoms with Gasteiger partial charge in [-0.1, -0.05) is 0 Å². The van der Waals surface area contributed by atoms with Crippen molar-refractivity contribution in [1.82, 2.24) is 5.32 Å². The summed E-state index contributed by atoms with van der Waals surface area (Å²) in [5.74, 6) is -1.08. The van der Waals surface area contributed by atoms with Gasteiger partial charge < -0.3 is 56.0 Å². The molecule has 0 aromatic carbocycles. The molecule has 10 atom stereocenters. The lowest BCUT2D eigenvalue weighted by molar-refractivity contribution is -0.286. The second kappa shape index (κ2) is 9.36. The highest BCUT2D eigenvalue weighted by Gasteiger charge is 2.61. The third-order valence-electron chi connectivity index (χ3n) is 5.45. The van der Waals surface area contributed by atoms with Crippen LogP contribution in [0.15, 0.2) is 0 Å². The first-order valence-corrected chi connectivity index (χ1v) is 9.06. The van der Waals surface area contributed by atoms with Gasteiger partial charge in [0, 0.05) is 0 Å². The van der Waals surface area contributed by atoms with Gasteiger partial charge in [0.1, 0.15) is 48.8 Å². The molecule has 2 saturated heterocycles. The lowest BCUT2D eigenvalue weighted by Crippen LogP contribution is -2.74.